The number of hydrogen-bond donors (Lipinski definition) is 2. The third-order valence-electron chi connectivity index (χ3n) is 3.52. The molecule has 0 saturated heterocycles. The molecule has 1 amide bonds. The SMILES string of the molecule is COc1cc(C(=O)NN=C(C)c2cccc(O)c2)cc(OC)c1OC. The molecule has 0 spiro atoms. The monoisotopic (exact) mass is 344 g/mol. The van der Waals surface area contributed by atoms with Crippen molar-refractivity contribution in [2.45, 2.75) is 6.92 Å². The first kappa shape index (κ1) is 18.1. The fourth-order valence-electron chi connectivity index (χ4n) is 2.21. The number of ether oxygens (including phenoxy) is 3. The predicted octanol–water partition coefficient (Wildman–Crippen LogP) is 2.57. The summed E-state index contributed by atoms with van der Waals surface area (Å²) >= 11 is 0. The van der Waals surface area contributed by atoms with Gasteiger partial charge in [0.05, 0.1) is 27.0 Å². The standard InChI is InChI=1S/C18H20N2O5/c1-11(12-6-5-7-14(21)8-12)19-20-18(22)13-9-15(23-2)17(25-4)16(10-13)24-3/h5-10,21H,1-4H3,(H,20,22). The molecule has 0 heterocycles. The number of amides is 1. The van der Waals surface area contributed by atoms with E-state index in [0.717, 1.165) is 0 Å². The highest BCUT2D eigenvalue weighted by Gasteiger charge is 2.16. The maximum Gasteiger partial charge on any atom is 0.271 e. The first-order valence-corrected chi connectivity index (χ1v) is 7.44. The topological polar surface area (TPSA) is 89.4 Å². The van der Waals surface area contributed by atoms with Gasteiger partial charge in [-0.15, -0.1) is 0 Å². The van der Waals surface area contributed by atoms with Gasteiger partial charge >= 0.3 is 0 Å². The number of hydrazone groups is 1. The van der Waals surface area contributed by atoms with Crippen LogP contribution >= 0.6 is 0 Å². The summed E-state index contributed by atoms with van der Waals surface area (Å²) < 4.78 is 15.7. The van der Waals surface area contributed by atoms with Crippen LogP contribution in [0.1, 0.15) is 22.8 Å². The molecule has 7 nitrogen and oxygen atoms in total. The summed E-state index contributed by atoms with van der Waals surface area (Å²) in [7, 11) is 4.44. The maximum atomic E-state index is 12.4. The van der Waals surface area contributed by atoms with Gasteiger partial charge in [0, 0.05) is 11.1 Å². The zero-order valence-corrected chi connectivity index (χ0v) is 14.5. The molecule has 0 aliphatic rings. The lowest BCUT2D eigenvalue weighted by Gasteiger charge is -2.13. The number of phenols is 1. The second kappa shape index (κ2) is 8.05. The Hall–Kier alpha value is -3.22. The summed E-state index contributed by atoms with van der Waals surface area (Å²) in [6, 6.07) is 9.68. The van der Waals surface area contributed by atoms with Crippen LogP contribution in [0.25, 0.3) is 0 Å². The molecule has 0 aliphatic heterocycles. The van der Waals surface area contributed by atoms with Crippen LogP contribution in [0.4, 0.5) is 0 Å². The molecule has 2 aromatic rings. The molecule has 25 heavy (non-hydrogen) atoms. The molecule has 0 aliphatic carbocycles. The van der Waals surface area contributed by atoms with E-state index in [9.17, 15) is 9.90 Å². The number of hydrogen-bond acceptors (Lipinski definition) is 6. The van der Waals surface area contributed by atoms with Crippen molar-refractivity contribution in [3.05, 3.63) is 47.5 Å². The molecule has 7 heteroatoms. The van der Waals surface area contributed by atoms with Crippen LogP contribution in [0.5, 0.6) is 23.0 Å². The summed E-state index contributed by atoms with van der Waals surface area (Å²) in [6.45, 7) is 1.73. The molecule has 0 fully saturated rings. The highest BCUT2D eigenvalue weighted by Crippen LogP contribution is 2.38. The van der Waals surface area contributed by atoms with Gasteiger partial charge in [-0.2, -0.15) is 5.10 Å². The zero-order chi connectivity index (χ0) is 18.4. The van der Waals surface area contributed by atoms with E-state index in [1.807, 2.05) is 0 Å². The van der Waals surface area contributed by atoms with E-state index < -0.39 is 5.91 Å². The number of rotatable bonds is 6. The van der Waals surface area contributed by atoms with Gasteiger partial charge in [0.25, 0.3) is 5.91 Å². The molecule has 2 rings (SSSR count). The Kier molecular flexibility index (Phi) is 5.84. The van der Waals surface area contributed by atoms with Gasteiger partial charge in [0.15, 0.2) is 11.5 Å². The van der Waals surface area contributed by atoms with E-state index in [1.165, 1.54) is 33.5 Å². The minimum atomic E-state index is -0.432. The molecule has 0 aromatic heterocycles. The van der Waals surface area contributed by atoms with E-state index in [0.29, 0.717) is 34.1 Å². The molecular weight excluding hydrogens is 324 g/mol. The number of nitrogens with zero attached hydrogens (tertiary/aromatic N) is 1. The average Bonchev–Trinajstić information content (AvgIpc) is 2.64. The van der Waals surface area contributed by atoms with Crippen LogP contribution in [0.15, 0.2) is 41.5 Å². The first-order valence-electron chi connectivity index (χ1n) is 7.44. The van der Waals surface area contributed by atoms with Crippen LogP contribution in [-0.4, -0.2) is 38.1 Å². The van der Waals surface area contributed by atoms with Crippen LogP contribution in [0.2, 0.25) is 0 Å². The smallest absolute Gasteiger partial charge is 0.271 e. The van der Waals surface area contributed by atoms with Gasteiger partial charge in [-0.05, 0) is 31.2 Å². The van der Waals surface area contributed by atoms with Crippen molar-refractivity contribution in [3.8, 4) is 23.0 Å². The molecular formula is C18H20N2O5. The van der Waals surface area contributed by atoms with Crippen LogP contribution in [0.3, 0.4) is 0 Å². The molecule has 0 radical (unpaired) electrons. The Morgan fingerprint density at radius 3 is 2.16 bits per heavy atom. The Bertz CT molecular complexity index is 777. The van der Waals surface area contributed by atoms with Crippen molar-refractivity contribution in [2.75, 3.05) is 21.3 Å². The molecule has 2 N–H and O–H groups in total. The number of aromatic hydroxyl groups is 1. The maximum absolute atomic E-state index is 12.4. The quantitative estimate of drug-likeness (QED) is 0.621. The normalized spacial score (nSPS) is 11.0. The van der Waals surface area contributed by atoms with Crippen molar-refractivity contribution in [3.63, 3.8) is 0 Å². The van der Waals surface area contributed by atoms with E-state index in [1.54, 1.807) is 31.2 Å². The molecule has 0 unspecified atom stereocenters. The lowest BCUT2D eigenvalue weighted by atomic mass is 10.1. The summed E-state index contributed by atoms with van der Waals surface area (Å²) in [5.41, 5.74) is 4.03. The van der Waals surface area contributed by atoms with Crippen LogP contribution in [0, 0.1) is 0 Å². The highest BCUT2D eigenvalue weighted by molar-refractivity contribution is 6.01. The van der Waals surface area contributed by atoms with E-state index in [-0.39, 0.29) is 5.75 Å². The molecule has 0 bridgehead atoms. The van der Waals surface area contributed by atoms with Gasteiger partial charge in [0.1, 0.15) is 5.75 Å². The second-order valence-corrected chi connectivity index (χ2v) is 5.10. The lowest BCUT2D eigenvalue weighted by Crippen LogP contribution is -2.19. The zero-order valence-electron chi connectivity index (χ0n) is 14.5. The predicted molar refractivity (Wildman–Crippen MR) is 93.9 cm³/mol. The fourth-order valence-corrected chi connectivity index (χ4v) is 2.21. The number of benzene rings is 2. The Morgan fingerprint density at radius 2 is 1.64 bits per heavy atom. The van der Waals surface area contributed by atoms with Crippen LogP contribution < -0.4 is 19.6 Å². The average molecular weight is 344 g/mol. The highest BCUT2D eigenvalue weighted by atomic mass is 16.5. The Morgan fingerprint density at radius 1 is 1.00 bits per heavy atom. The second-order valence-electron chi connectivity index (χ2n) is 5.10. The van der Waals surface area contributed by atoms with Crippen molar-refractivity contribution in [1.29, 1.82) is 0 Å². The number of carbonyl (C=O) groups excluding carboxylic acids is 1. The van der Waals surface area contributed by atoms with Gasteiger partial charge in [-0.25, -0.2) is 5.43 Å². The molecule has 0 saturated carbocycles. The summed E-state index contributed by atoms with van der Waals surface area (Å²) in [5.74, 6) is 0.851. The summed E-state index contributed by atoms with van der Waals surface area (Å²) in [4.78, 5) is 12.4. The van der Waals surface area contributed by atoms with E-state index >= 15 is 0 Å². The minimum absolute atomic E-state index is 0.128. The minimum Gasteiger partial charge on any atom is -0.508 e. The van der Waals surface area contributed by atoms with Crippen molar-refractivity contribution in [2.24, 2.45) is 5.10 Å². The van der Waals surface area contributed by atoms with E-state index in [2.05, 4.69) is 10.5 Å². The van der Waals surface area contributed by atoms with Crippen LogP contribution in [-0.2, 0) is 0 Å². The summed E-state index contributed by atoms with van der Waals surface area (Å²) in [5, 5.41) is 13.6. The largest absolute Gasteiger partial charge is 0.508 e. The molecule has 132 valence electrons. The van der Waals surface area contributed by atoms with Gasteiger partial charge in [-0.3, -0.25) is 4.79 Å². The molecule has 2 aromatic carbocycles. The third kappa shape index (κ3) is 4.20. The Labute approximate surface area is 145 Å². The van der Waals surface area contributed by atoms with E-state index in [4.69, 9.17) is 14.2 Å². The van der Waals surface area contributed by atoms with Gasteiger partial charge in [0.2, 0.25) is 5.75 Å². The summed E-state index contributed by atoms with van der Waals surface area (Å²) in [6.07, 6.45) is 0. The number of phenolic OH excluding ortho intramolecular Hbond substituents is 1. The number of nitrogens with one attached hydrogen (secondary N) is 1. The fraction of sp³-hybridized carbons (Fsp3) is 0.222. The lowest BCUT2D eigenvalue weighted by molar-refractivity contribution is 0.0954. The van der Waals surface area contributed by atoms with Crippen molar-refractivity contribution < 1.29 is 24.1 Å². The Balaban J connectivity index is 2.24. The van der Waals surface area contributed by atoms with Gasteiger partial charge in [-0.1, -0.05) is 12.1 Å². The van der Waals surface area contributed by atoms with Crippen molar-refractivity contribution in [1.82, 2.24) is 5.43 Å². The molecule has 0 atom stereocenters. The van der Waals surface area contributed by atoms with Gasteiger partial charge < -0.3 is 19.3 Å². The number of carbonyl (C=O) groups is 1. The third-order valence-corrected chi connectivity index (χ3v) is 3.52. The number of methoxy groups -OCH3 is 3. The van der Waals surface area contributed by atoms with Crippen molar-refractivity contribution >= 4 is 11.6 Å². The first-order chi connectivity index (χ1) is 12.0.